The maximum atomic E-state index is 3.47. The second kappa shape index (κ2) is 17.1. The molecule has 0 aromatic carbocycles. The lowest BCUT2D eigenvalue weighted by Crippen LogP contribution is -1.82. The zero-order valence-electron chi connectivity index (χ0n) is 9.86. The highest BCUT2D eigenvalue weighted by molar-refractivity contribution is 9.09. The molecule has 0 nitrogen and oxygen atoms in total. The van der Waals surface area contributed by atoms with Gasteiger partial charge in [-0.3, -0.25) is 0 Å². The summed E-state index contributed by atoms with van der Waals surface area (Å²) < 4.78 is 0. The van der Waals surface area contributed by atoms with Crippen LogP contribution in [-0.4, -0.2) is 16.3 Å². The highest BCUT2D eigenvalue weighted by Crippen LogP contribution is 2.11. The van der Waals surface area contributed by atoms with Gasteiger partial charge in [0.15, 0.2) is 0 Å². The first kappa shape index (κ1) is 18.1. The molecule has 0 atom stereocenters. The standard InChI is InChI=1S/C13H27Br.H4Si/c1-2-3-4-5-6-7-8-9-10-11-12-13-14;/h2-13H2,1H3;1H4. The molecule has 0 N–H and O–H groups in total. The Hall–Kier alpha value is 0.697. The highest BCUT2D eigenvalue weighted by atomic mass is 79.9. The van der Waals surface area contributed by atoms with Gasteiger partial charge >= 0.3 is 0 Å². The van der Waals surface area contributed by atoms with E-state index in [1.54, 1.807) is 0 Å². The van der Waals surface area contributed by atoms with Crippen LogP contribution in [0.3, 0.4) is 0 Å². The average Bonchev–Trinajstić information content (AvgIpc) is 2.21. The van der Waals surface area contributed by atoms with Crippen LogP contribution >= 0.6 is 15.9 Å². The van der Waals surface area contributed by atoms with E-state index >= 15 is 0 Å². The zero-order valence-corrected chi connectivity index (χ0v) is 11.4. The molecule has 0 heterocycles. The molecule has 94 valence electrons. The fourth-order valence-electron chi connectivity index (χ4n) is 1.76. The molecule has 0 bridgehead atoms. The van der Waals surface area contributed by atoms with E-state index in [0.29, 0.717) is 0 Å². The number of alkyl halides is 1. The summed E-state index contributed by atoms with van der Waals surface area (Å²) in [6.07, 6.45) is 15.8. The van der Waals surface area contributed by atoms with Crippen molar-refractivity contribution in [2.45, 2.75) is 77.6 Å². The third-order valence-electron chi connectivity index (χ3n) is 2.74. The van der Waals surface area contributed by atoms with Crippen LogP contribution in [0.4, 0.5) is 0 Å². The smallest absolute Gasteiger partial charge is 0.00313 e. The molecule has 2 heteroatoms. The van der Waals surface area contributed by atoms with Crippen molar-refractivity contribution in [3.05, 3.63) is 0 Å². The first-order valence-corrected chi connectivity index (χ1v) is 7.60. The minimum Gasteiger partial charge on any atom is -0.0928 e. The summed E-state index contributed by atoms with van der Waals surface area (Å²) in [4.78, 5) is 0. The molecule has 0 saturated heterocycles. The van der Waals surface area contributed by atoms with Crippen LogP contribution < -0.4 is 0 Å². The second-order valence-corrected chi connectivity index (χ2v) is 5.02. The maximum absolute atomic E-state index is 3.47. The van der Waals surface area contributed by atoms with Crippen molar-refractivity contribution in [1.29, 1.82) is 0 Å². The molecule has 0 radical (unpaired) electrons. The monoisotopic (exact) mass is 294 g/mol. The van der Waals surface area contributed by atoms with Gasteiger partial charge in [-0.25, -0.2) is 0 Å². The summed E-state index contributed by atoms with van der Waals surface area (Å²) in [6, 6.07) is 0. The molecular formula is C13H31BrSi. The third kappa shape index (κ3) is 17.3. The topological polar surface area (TPSA) is 0 Å². The largest absolute Gasteiger partial charge is 0.0928 e. The van der Waals surface area contributed by atoms with Crippen molar-refractivity contribution < 1.29 is 0 Å². The van der Waals surface area contributed by atoms with Crippen LogP contribution in [0.25, 0.3) is 0 Å². The molecule has 0 rings (SSSR count). The SMILES string of the molecule is CCCCCCCCCCCCCBr.[SiH4]. The lowest BCUT2D eigenvalue weighted by Gasteiger charge is -2.01. The Labute approximate surface area is 110 Å². The maximum Gasteiger partial charge on any atom is 0.00313 e. The van der Waals surface area contributed by atoms with Gasteiger partial charge in [0.2, 0.25) is 0 Å². The molecule has 0 saturated carbocycles. The molecule has 0 aliphatic rings. The summed E-state index contributed by atoms with van der Waals surface area (Å²) in [5.74, 6) is 0. The molecule has 0 amide bonds. The summed E-state index contributed by atoms with van der Waals surface area (Å²) in [5.41, 5.74) is 0. The van der Waals surface area contributed by atoms with Crippen molar-refractivity contribution in [2.24, 2.45) is 0 Å². The second-order valence-electron chi connectivity index (χ2n) is 4.22. The van der Waals surface area contributed by atoms with Gasteiger partial charge in [0.25, 0.3) is 0 Å². The lowest BCUT2D eigenvalue weighted by atomic mass is 10.1. The van der Waals surface area contributed by atoms with Crippen molar-refractivity contribution in [2.75, 3.05) is 5.33 Å². The number of halogens is 1. The van der Waals surface area contributed by atoms with Crippen LogP contribution in [0.2, 0.25) is 0 Å². The first-order valence-electron chi connectivity index (χ1n) is 6.47. The van der Waals surface area contributed by atoms with Crippen LogP contribution in [-0.2, 0) is 0 Å². The van der Waals surface area contributed by atoms with E-state index in [9.17, 15) is 0 Å². The lowest BCUT2D eigenvalue weighted by molar-refractivity contribution is 0.555. The van der Waals surface area contributed by atoms with E-state index in [1.807, 2.05) is 0 Å². The molecule has 0 fully saturated rings. The zero-order chi connectivity index (χ0) is 10.5. The minimum absolute atomic E-state index is 0. The van der Waals surface area contributed by atoms with E-state index in [1.165, 1.54) is 76.0 Å². The van der Waals surface area contributed by atoms with E-state index in [-0.39, 0.29) is 11.0 Å². The van der Waals surface area contributed by atoms with Crippen molar-refractivity contribution in [3.8, 4) is 0 Å². The quantitative estimate of drug-likeness (QED) is 0.304. The summed E-state index contributed by atoms with van der Waals surface area (Å²) in [6.45, 7) is 2.28. The molecular weight excluding hydrogens is 264 g/mol. The van der Waals surface area contributed by atoms with Crippen LogP contribution in [0.1, 0.15) is 77.6 Å². The fourth-order valence-corrected chi connectivity index (χ4v) is 2.16. The van der Waals surface area contributed by atoms with Gasteiger partial charge in [0.1, 0.15) is 0 Å². The Bertz CT molecular complexity index is 84.5. The summed E-state index contributed by atoms with van der Waals surface area (Å²) in [7, 11) is 0. The fraction of sp³-hybridized carbons (Fsp3) is 1.00. The van der Waals surface area contributed by atoms with E-state index in [4.69, 9.17) is 0 Å². The Kier molecular flexibility index (Phi) is 20.6. The Balaban J connectivity index is 0. The van der Waals surface area contributed by atoms with Gasteiger partial charge in [0.05, 0.1) is 0 Å². The van der Waals surface area contributed by atoms with Crippen LogP contribution in [0.5, 0.6) is 0 Å². The summed E-state index contributed by atoms with van der Waals surface area (Å²) in [5, 5.41) is 1.18. The van der Waals surface area contributed by atoms with Crippen molar-refractivity contribution in [3.63, 3.8) is 0 Å². The van der Waals surface area contributed by atoms with Gasteiger partial charge in [-0.2, -0.15) is 0 Å². The number of rotatable bonds is 11. The highest BCUT2D eigenvalue weighted by Gasteiger charge is 1.91. The Morgan fingerprint density at radius 2 is 0.933 bits per heavy atom. The molecule has 15 heavy (non-hydrogen) atoms. The van der Waals surface area contributed by atoms with Gasteiger partial charge < -0.3 is 0 Å². The minimum atomic E-state index is 0. The van der Waals surface area contributed by atoms with E-state index < -0.39 is 0 Å². The number of hydrogen-bond donors (Lipinski definition) is 0. The normalized spacial score (nSPS) is 10.0. The van der Waals surface area contributed by atoms with Gasteiger partial charge in [-0.1, -0.05) is 87.1 Å². The Morgan fingerprint density at radius 3 is 1.27 bits per heavy atom. The predicted molar refractivity (Wildman–Crippen MR) is 81.6 cm³/mol. The number of hydrogen-bond acceptors (Lipinski definition) is 0. The van der Waals surface area contributed by atoms with Gasteiger partial charge in [-0.05, 0) is 17.4 Å². The van der Waals surface area contributed by atoms with Gasteiger partial charge in [-0.15, -0.1) is 0 Å². The Morgan fingerprint density at radius 1 is 0.600 bits per heavy atom. The molecule has 0 spiro atoms. The van der Waals surface area contributed by atoms with E-state index in [0.717, 1.165) is 0 Å². The van der Waals surface area contributed by atoms with Crippen LogP contribution in [0, 0.1) is 0 Å². The first-order chi connectivity index (χ1) is 6.91. The average molecular weight is 295 g/mol. The predicted octanol–water partition coefficient (Wildman–Crippen LogP) is 4.24. The molecule has 0 aromatic heterocycles. The third-order valence-corrected chi connectivity index (χ3v) is 3.30. The van der Waals surface area contributed by atoms with Crippen molar-refractivity contribution in [1.82, 2.24) is 0 Å². The molecule has 0 aliphatic carbocycles. The molecule has 0 unspecified atom stereocenters. The molecule has 0 aliphatic heterocycles. The number of unbranched alkanes of at least 4 members (excludes halogenated alkanes) is 10. The van der Waals surface area contributed by atoms with Crippen LogP contribution in [0.15, 0.2) is 0 Å². The summed E-state index contributed by atoms with van der Waals surface area (Å²) >= 11 is 3.47. The van der Waals surface area contributed by atoms with Crippen molar-refractivity contribution >= 4 is 26.9 Å². The van der Waals surface area contributed by atoms with E-state index in [2.05, 4.69) is 22.9 Å². The molecule has 0 aromatic rings. The van der Waals surface area contributed by atoms with Gasteiger partial charge in [0, 0.05) is 5.33 Å².